The second kappa shape index (κ2) is 7.82. The van der Waals surface area contributed by atoms with Crippen LogP contribution in [0.4, 0.5) is 5.82 Å². The maximum atomic E-state index is 12.4. The maximum Gasteiger partial charge on any atom is 0.351 e. The van der Waals surface area contributed by atoms with Crippen LogP contribution >= 0.6 is 0 Å². The second-order valence-electron chi connectivity index (χ2n) is 7.29. The summed E-state index contributed by atoms with van der Waals surface area (Å²) >= 11 is 0. The van der Waals surface area contributed by atoms with Crippen molar-refractivity contribution in [2.45, 2.75) is 49.2 Å². The Hall–Kier alpha value is -2.34. The normalized spacial score (nSPS) is 34.0. The molecular weight excluding hydrogens is 382 g/mol. The number of rotatable bonds is 4. The third-order valence-electron chi connectivity index (χ3n) is 5.49. The highest BCUT2D eigenvalue weighted by atomic mass is 16.5. The Morgan fingerprint density at radius 2 is 1.83 bits per heavy atom. The molecule has 2 heterocycles. The largest absolute Gasteiger partial charge is 0.394 e. The standard InChI is InChI=1S/C19H23N3O7/c23-8-12-11(24)7-14(29-12)22-6-5-13(21-19(22)28)20-15-9-3-1-2-4-10(9)16(25)18(27)17(15)26/h1-6,11-12,14-18,23-27H,7-8H2,(H,20,21,28). The molecule has 1 aliphatic heterocycles. The van der Waals surface area contributed by atoms with E-state index in [1.165, 1.54) is 16.8 Å². The lowest BCUT2D eigenvalue weighted by atomic mass is 9.82. The average Bonchev–Trinajstić information content (AvgIpc) is 3.10. The highest BCUT2D eigenvalue weighted by molar-refractivity contribution is 5.44. The van der Waals surface area contributed by atoms with Crippen LogP contribution in [0.1, 0.15) is 35.9 Å². The van der Waals surface area contributed by atoms with Gasteiger partial charge in [0.15, 0.2) is 0 Å². The molecule has 1 aromatic heterocycles. The Morgan fingerprint density at radius 3 is 2.48 bits per heavy atom. The Kier molecular flexibility index (Phi) is 5.38. The molecule has 1 fully saturated rings. The molecule has 0 amide bonds. The van der Waals surface area contributed by atoms with Crippen LogP contribution in [0.25, 0.3) is 0 Å². The van der Waals surface area contributed by atoms with E-state index in [9.17, 15) is 30.3 Å². The second-order valence-corrected chi connectivity index (χ2v) is 7.29. The number of nitrogens with zero attached hydrogens (tertiary/aromatic N) is 2. The molecule has 29 heavy (non-hydrogen) atoms. The molecule has 1 saturated heterocycles. The minimum absolute atomic E-state index is 0.151. The van der Waals surface area contributed by atoms with Gasteiger partial charge in [-0.3, -0.25) is 4.57 Å². The third-order valence-corrected chi connectivity index (χ3v) is 5.49. The van der Waals surface area contributed by atoms with Crippen LogP contribution in [-0.2, 0) is 4.74 Å². The molecule has 10 nitrogen and oxygen atoms in total. The van der Waals surface area contributed by atoms with Gasteiger partial charge in [-0.05, 0) is 17.2 Å². The van der Waals surface area contributed by atoms with Crippen LogP contribution in [-0.4, -0.2) is 66.1 Å². The topological polar surface area (TPSA) is 157 Å². The molecule has 7 unspecified atom stereocenters. The number of hydrogen-bond acceptors (Lipinski definition) is 9. The lowest BCUT2D eigenvalue weighted by Gasteiger charge is -2.37. The first-order valence-corrected chi connectivity index (χ1v) is 9.34. The molecule has 0 saturated carbocycles. The van der Waals surface area contributed by atoms with E-state index in [0.717, 1.165) is 0 Å². The summed E-state index contributed by atoms with van der Waals surface area (Å²) in [5.74, 6) is 0.172. The number of fused-ring (bicyclic) bond motifs is 1. The van der Waals surface area contributed by atoms with Gasteiger partial charge < -0.3 is 35.6 Å². The molecule has 10 heteroatoms. The van der Waals surface area contributed by atoms with Crippen molar-refractivity contribution in [3.05, 3.63) is 58.1 Å². The predicted molar refractivity (Wildman–Crippen MR) is 99.9 cm³/mol. The van der Waals surface area contributed by atoms with Gasteiger partial charge in [-0.25, -0.2) is 4.79 Å². The van der Waals surface area contributed by atoms with Gasteiger partial charge in [-0.15, -0.1) is 0 Å². The highest BCUT2D eigenvalue weighted by Crippen LogP contribution is 2.38. The van der Waals surface area contributed by atoms with E-state index in [4.69, 9.17) is 4.74 Å². The zero-order valence-electron chi connectivity index (χ0n) is 15.4. The Bertz CT molecular complexity index is 936. The molecule has 4 rings (SSSR count). The minimum atomic E-state index is -1.40. The van der Waals surface area contributed by atoms with E-state index in [0.29, 0.717) is 11.1 Å². The first-order valence-electron chi connectivity index (χ1n) is 9.34. The van der Waals surface area contributed by atoms with E-state index in [2.05, 4.69) is 10.3 Å². The van der Waals surface area contributed by atoms with Crippen molar-refractivity contribution in [1.82, 2.24) is 9.55 Å². The molecule has 2 aromatic rings. The van der Waals surface area contributed by atoms with Crippen molar-refractivity contribution in [3.63, 3.8) is 0 Å². The lowest BCUT2D eigenvalue weighted by Crippen LogP contribution is -2.44. The summed E-state index contributed by atoms with van der Waals surface area (Å²) in [4.78, 5) is 16.4. The van der Waals surface area contributed by atoms with Crippen LogP contribution in [0.5, 0.6) is 0 Å². The van der Waals surface area contributed by atoms with Crippen molar-refractivity contribution in [2.75, 3.05) is 11.9 Å². The molecule has 7 atom stereocenters. The molecule has 1 aliphatic carbocycles. The van der Waals surface area contributed by atoms with Gasteiger partial charge in [0.25, 0.3) is 0 Å². The zero-order chi connectivity index (χ0) is 20.7. The van der Waals surface area contributed by atoms with Gasteiger partial charge in [-0.1, -0.05) is 24.3 Å². The van der Waals surface area contributed by atoms with Crippen molar-refractivity contribution >= 4 is 5.82 Å². The lowest BCUT2D eigenvalue weighted by molar-refractivity contribution is -0.0770. The highest BCUT2D eigenvalue weighted by Gasteiger charge is 2.40. The summed E-state index contributed by atoms with van der Waals surface area (Å²) in [5.41, 5.74) is 0.446. The number of ether oxygens (including phenoxy) is 1. The molecule has 6 N–H and O–H groups in total. The van der Waals surface area contributed by atoms with Gasteiger partial charge in [-0.2, -0.15) is 4.98 Å². The molecule has 1 aromatic carbocycles. The number of aliphatic hydroxyl groups is 5. The van der Waals surface area contributed by atoms with Gasteiger partial charge >= 0.3 is 5.69 Å². The summed E-state index contributed by atoms with van der Waals surface area (Å²) in [5, 5.41) is 52.8. The number of benzene rings is 1. The summed E-state index contributed by atoms with van der Waals surface area (Å²) in [6.45, 7) is -0.355. The van der Waals surface area contributed by atoms with Crippen LogP contribution in [0.2, 0.25) is 0 Å². The maximum absolute atomic E-state index is 12.4. The molecule has 0 bridgehead atoms. The fourth-order valence-electron chi connectivity index (χ4n) is 3.90. The van der Waals surface area contributed by atoms with E-state index in [1.54, 1.807) is 24.3 Å². The SMILES string of the molecule is O=c1nc(NC2c3ccccc3C(O)C(O)C2O)ccn1C1CC(O)C(CO)O1. The number of hydrogen-bond donors (Lipinski definition) is 6. The summed E-state index contributed by atoms with van der Waals surface area (Å²) in [6, 6.07) is 7.58. The quantitative estimate of drug-likeness (QED) is 0.368. The monoisotopic (exact) mass is 405 g/mol. The molecule has 0 spiro atoms. The van der Waals surface area contributed by atoms with Crippen molar-refractivity contribution in [1.29, 1.82) is 0 Å². The molecule has 156 valence electrons. The van der Waals surface area contributed by atoms with Gasteiger partial charge in [0.1, 0.15) is 36.5 Å². The zero-order valence-corrected chi connectivity index (χ0v) is 15.4. The van der Waals surface area contributed by atoms with E-state index in [1.807, 2.05) is 0 Å². The van der Waals surface area contributed by atoms with Crippen molar-refractivity contribution in [2.24, 2.45) is 0 Å². The minimum Gasteiger partial charge on any atom is -0.394 e. The van der Waals surface area contributed by atoms with Gasteiger partial charge in [0, 0.05) is 12.6 Å². The van der Waals surface area contributed by atoms with E-state index >= 15 is 0 Å². The third kappa shape index (κ3) is 3.54. The van der Waals surface area contributed by atoms with Gasteiger partial charge in [0.05, 0.1) is 18.8 Å². The van der Waals surface area contributed by atoms with Crippen molar-refractivity contribution in [3.8, 4) is 0 Å². The molecular formula is C19H23N3O7. The van der Waals surface area contributed by atoms with E-state index in [-0.39, 0.29) is 18.8 Å². The average molecular weight is 405 g/mol. The number of aromatic nitrogens is 2. The van der Waals surface area contributed by atoms with Crippen LogP contribution in [0.15, 0.2) is 41.3 Å². The Labute approximate surface area is 165 Å². The van der Waals surface area contributed by atoms with Crippen molar-refractivity contribution < 1.29 is 30.3 Å². The van der Waals surface area contributed by atoms with Crippen LogP contribution in [0, 0.1) is 0 Å². The van der Waals surface area contributed by atoms with Crippen LogP contribution < -0.4 is 11.0 Å². The van der Waals surface area contributed by atoms with E-state index < -0.39 is 48.5 Å². The first kappa shape index (κ1) is 20.0. The van der Waals surface area contributed by atoms with Crippen LogP contribution in [0.3, 0.4) is 0 Å². The number of aliphatic hydroxyl groups excluding tert-OH is 5. The number of nitrogens with one attached hydrogen (secondary N) is 1. The summed E-state index contributed by atoms with van der Waals surface area (Å²) < 4.78 is 6.69. The Balaban J connectivity index is 1.58. The number of anilines is 1. The fraction of sp³-hybridized carbons (Fsp3) is 0.474. The smallest absolute Gasteiger partial charge is 0.351 e. The Morgan fingerprint density at radius 1 is 1.10 bits per heavy atom. The molecule has 0 radical (unpaired) electrons. The molecule has 2 aliphatic rings. The van der Waals surface area contributed by atoms with Gasteiger partial charge in [0.2, 0.25) is 0 Å². The predicted octanol–water partition coefficient (Wildman–Crippen LogP) is -1.19. The fourth-order valence-corrected chi connectivity index (χ4v) is 3.90. The first-order chi connectivity index (χ1) is 13.9. The summed E-state index contributed by atoms with van der Waals surface area (Å²) in [6.07, 6.45) is -4.71. The summed E-state index contributed by atoms with van der Waals surface area (Å²) in [7, 11) is 0.